The Balaban J connectivity index is 1.50. The average Bonchev–Trinajstić information content (AvgIpc) is 3.64. The number of thioether (sulfide) groups is 1. The van der Waals surface area contributed by atoms with Gasteiger partial charge in [0, 0.05) is 30.7 Å². The van der Waals surface area contributed by atoms with Crippen molar-refractivity contribution in [2.75, 3.05) is 37.8 Å². The van der Waals surface area contributed by atoms with Crippen molar-refractivity contribution in [1.82, 2.24) is 30.2 Å². The smallest absolute Gasteiger partial charge is 0.386 e. The minimum absolute atomic E-state index is 0.00422. The van der Waals surface area contributed by atoms with Gasteiger partial charge >= 0.3 is 23.5 Å². The number of ether oxygens (including phenoxy) is 1. The van der Waals surface area contributed by atoms with Crippen molar-refractivity contribution in [3.8, 4) is 0 Å². The summed E-state index contributed by atoms with van der Waals surface area (Å²) in [6.45, 7) is 1.12. The number of aliphatic hydroxyl groups excluding tert-OH is 3. The molecule has 0 radical (unpaired) electrons. The van der Waals surface area contributed by atoms with Crippen LogP contribution in [0.4, 0.5) is 5.82 Å². The van der Waals surface area contributed by atoms with E-state index in [1.54, 1.807) is 0 Å². The summed E-state index contributed by atoms with van der Waals surface area (Å²) in [5.74, 6) is -2.31. The number of nitrogens with two attached hydrogens (primary N) is 1. The van der Waals surface area contributed by atoms with Crippen LogP contribution in [0, 0.1) is 5.41 Å². The molecule has 30 heteroatoms. The van der Waals surface area contributed by atoms with E-state index in [-0.39, 0.29) is 42.2 Å². The van der Waals surface area contributed by atoms with Gasteiger partial charge in [0.05, 0.1) is 19.5 Å². The van der Waals surface area contributed by atoms with E-state index in [4.69, 9.17) is 19.5 Å². The number of hydrogen-bond donors (Lipinski definition) is 10. The Morgan fingerprint density at radius 3 is 2.33 bits per heavy atom. The summed E-state index contributed by atoms with van der Waals surface area (Å²) < 4.78 is 61.9. The topological polar surface area (TPSA) is 401 Å². The second-order valence-corrected chi connectivity index (χ2v) is 17.6. The van der Waals surface area contributed by atoms with Crippen LogP contribution in [-0.2, 0) is 55.5 Å². The van der Waals surface area contributed by atoms with E-state index in [1.807, 2.05) is 0 Å². The summed E-state index contributed by atoms with van der Waals surface area (Å²) >= 11 is 0.636. The molecule has 3 rings (SSSR count). The van der Waals surface area contributed by atoms with Crippen LogP contribution in [-0.4, -0.2) is 140 Å². The number of anilines is 1. The SMILES string of the molecule is CC(=O)C(O)C(=O)SCCNC(=O)CCNC(=O)C(O)C(C)(C)COP(=O)(O)OP(=O)(O)OC[C@H]1O[C@@H](n2cnc3c(N)ncnc32)[C@H](O)[C@@H]1OP(=O)(O)O. The molecule has 2 amide bonds. The number of nitrogen functional groups attached to an aromatic ring is 1. The number of imidazole rings is 1. The van der Waals surface area contributed by atoms with Gasteiger partial charge in [0.1, 0.15) is 36.3 Å². The van der Waals surface area contributed by atoms with E-state index in [9.17, 15) is 67.8 Å². The Morgan fingerprint density at radius 1 is 1.04 bits per heavy atom. The van der Waals surface area contributed by atoms with Crippen LogP contribution in [0.3, 0.4) is 0 Å². The van der Waals surface area contributed by atoms with Crippen LogP contribution < -0.4 is 16.4 Å². The van der Waals surface area contributed by atoms with Crippen LogP contribution in [0.1, 0.15) is 33.4 Å². The van der Waals surface area contributed by atoms with E-state index in [0.717, 1.165) is 24.1 Å². The number of carbonyl (C=O) groups is 4. The second kappa shape index (κ2) is 19.1. The van der Waals surface area contributed by atoms with Gasteiger partial charge in [0.2, 0.25) is 16.9 Å². The number of nitrogens with one attached hydrogen (secondary N) is 2. The number of hydrogen-bond acceptors (Lipinski definition) is 20. The molecule has 0 aromatic carbocycles. The van der Waals surface area contributed by atoms with Gasteiger partial charge in [-0.3, -0.25) is 37.3 Å². The van der Waals surface area contributed by atoms with Gasteiger partial charge in [-0.2, -0.15) is 4.31 Å². The summed E-state index contributed by atoms with van der Waals surface area (Å²) in [6.07, 6.45) is -8.91. The normalized spacial score (nSPS) is 22.4. The molecular formula is C25H40N7O19P3S. The number of rotatable bonds is 21. The average molecular weight is 868 g/mol. The molecule has 1 aliphatic rings. The fraction of sp³-hybridized carbons (Fsp3) is 0.640. The third kappa shape index (κ3) is 13.7. The maximum Gasteiger partial charge on any atom is 0.481 e. The Kier molecular flexibility index (Phi) is 16.2. The molecule has 0 saturated carbocycles. The van der Waals surface area contributed by atoms with Gasteiger partial charge in [-0.15, -0.1) is 0 Å². The van der Waals surface area contributed by atoms with E-state index in [1.165, 1.54) is 13.8 Å². The number of fused-ring (bicyclic) bond motifs is 1. The molecule has 26 nitrogen and oxygen atoms in total. The van der Waals surface area contributed by atoms with Crippen molar-refractivity contribution in [2.24, 2.45) is 5.41 Å². The first-order chi connectivity index (χ1) is 25.3. The zero-order chi connectivity index (χ0) is 41.5. The van der Waals surface area contributed by atoms with Crippen molar-refractivity contribution in [3.63, 3.8) is 0 Å². The molecule has 4 unspecified atom stereocenters. The lowest BCUT2D eigenvalue weighted by molar-refractivity contribution is -0.137. The Morgan fingerprint density at radius 2 is 1.69 bits per heavy atom. The molecule has 0 aliphatic carbocycles. The van der Waals surface area contributed by atoms with Gasteiger partial charge in [-0.05, 0) is 6.92 Å². The van der Waals surface area contributed by atoms with Crippen molar-refractivity contribution in [1.29, 1.82) is 0 Å². The first kappa shape index (κ1) is 46.6. The highest BCUT2D eigenvalue weighted by atomic mass is 32.2. The summed E-state index contributed by atoms with van der Waals surface area (Å²) in [5, 5.41) is 34.7. The highest BCUT2D eigenvalue weighted by molar-refractivity contribution is 8.13. The Labute approximate surface area is 314 Å². The predicted octanol–water partition coefficient (Wildman–Crippen LogP) is -2.39. The summed E-state index contributed by atoms with van der Waals surface area (Å²) in [7, 11) is -16.4. The fourth-order valence-electron chi connectivity index (χ4n) is 4.53. The third-order valence-corrected chi connectivity index (χ3v) is 11.4. The van der Waals surface area contributed by atoms with Crippen LogP contribution in [0.2, 0.25) is 0 Å². The fourth-order valence-corrected chi connectivity index (χ4v) is 8.08. The molecule has 2 aromatic rings. The quantitative estimate of drug-likeness (QED) is 0.0355. The molecule has 0 spiro atoms. The van der Waals surface area contributed by atoms with Gasteiger partial charge in [0.15, 0.2) is 29.6 Å². The van der Waals surface area contributed by atoms with Crippen LogP contribution in [0.25, 0.3) is 11.2 Å². The van der Waals surface area contributed by atoms with Crippen molar-refractivity contribution in [3.05, 3.63) is 12.7 Å². The number of nitrogens with zero attached hydrogens (tertiary/aromatic N) is 4. The minimum atomic E-state index is -5.59. The Bertz CT molecular complexity index is 1860. The number of aromatic nitrogens is 4. The van der Waals surface area contributed by atoms with Crippen molar-refractivity contribution < 1.29 is 90.4 Å². The van der Waals surface area contributed by atoms with Crippen LogP contribution >= 0.6 is 35.2 Å². The highest BCUT2D eigenvalue weighted by Crippen LogP contribution is 2.61. The number of Topliss-reactive ketones (excluding diaryl/α,β-unsaturated/α-hetero) is 1. The molecule has 55 heavy (non-hydrogen) atoms. The number of ketones is 1. The lowest BCUT2D eigenvalue weighted by Crippen LogP contribution is -2.46. The van der Waals surface area contributed by atoms with Gasteiger partial charge < -0.3 is 56.0 Å². The molecule has 1 aliphatic heterocycles. The van der Waals surface area contributed by atoms with E-state index in [0.29, 0.717) is 11.8 Å². The standard InChI is InChI=1S/C25H40N7O19P3S/c1-12(33)16(35)24(39)55-7-6-27-14(34)4-5-28-22(38)19(37)25(2,3)9-48-54(45,46)51-53(43,44)47-8-13-18(50-52(40,41)42)17(36)23(49-13)32-11-31-15-20(26)29-10-30-21(15)32/h10-11,13,16-19,23,35-37H,4-9H2,1-3H3,(H,27,34)(H,28,38)(H,43,44)(H,45,46)(H2,26,29,30)(H2,40,41,42)/t13-,16?,17-,18-,19?,23-/m1/s1. The molecule has 2 aromatic heterocycles. The molecule has 8 atom stereocenters. The number of phosphoric ester groups is 3. The monoisotopic (exact) mass is 867 g/mol. The molecule has 3 heterocycles. The lowest BCUT2D eigenvalue weighted by Gasteiger charge is -2.30. The van der Waals surface area contributed by atoms with Gasteiger partial charge in [0.25, 0.3) is 0 Å². The number of amides is 2. The first-order valence-electron chi connectivity index (χ1n) is 15.6. The van der Waals surface area contributed by atoms with E-state index in [2.05, 4.69) is 34.4 Å². The van der Waals surface area contributed by atoms with Gasteiger partial charge in [-0.1, -0.05) is 25.6 Å². The molecule has 1 fully saturated rings. The molecule has 310 valence electrons. The predicted molar refractivity (Wildman–Crippen MR) is 184 cm³/mol. The molecule has 1 saturated heterocycles. The second-order valence-electron chi connectivity index (χ2n) is 12.3. The maximum absolute atomic E-state index is 12.6. The van der Waals surface area contributed by atoms with Crippen LogP contribution in [0.5, 0.6) is 0 Å². The summed E-state index contributed by atoms with van der Waals surface area (Å²) in [4.78, 5) is 97.9. The van der Waals surface area contributed by atoms with Gasteiger partial charge in [-0.25, -0.2) is 28.6 Å². The maximum atomic E-state index is 12.6. The number of phosphoric acid groups is 3. The zero-order valence-electron chi connectivity index (χ0n) is 29.0. The largest absolute Gasteiger partial charge is 0.481 e. The highest BCUT2D eigenvalue weighted by Gasteiger charge is 2.50. The number of aliphatic hydroxyl groups is 3. The first-order valence-corrected chi connectivity index (χ1v) is 21.1. The Hall–Kier alpha value is -2.81. The lowest BCUT2D eigenvalue weighted by atomic mass is 9.87. The molecule has 11 N–H and O–H groups in total. The summed E-state index contributed by atoms with van der Waals surface area (Å²) in [6, 6.07) is 0. The van der Waals surface area contributed by atoms with E-state index < -0.39 is 102 Å². The third-order valence-electron chi connectivity index (χ3n) is 7.35. The zero-order valence-corrected chi connectivity index (χ0v) is 32.5. The molecular weight excluding hydrogens is 827 g/mol. The van der Waals surface area contributed by atoms with Crippen molar-refractivity contribution in [2.45, 2.75) is 63.9 Å². The summed E-state index contributed by atoms with van der Waals surface area (Å²) in [5.41, 5.74) is 4.18. The number of carbonyl (C=O) groups excluding carboxylic acids is 4. The van der Waals surface area contributed by atoms with Crippen molar-refractivity contribution >= 4 is 74.9 Å². The molecule has 0 bridgehead atoms. The van der Waals surface area contributed by atoms with Crippen LogP contribution in [0.15, 0.2) is 12.7 Å². The van der Waals surface area contributed by atoms with E-state index >= 15 is 0 Å². The minimum Gasteiger partial charge on any atom is -0.386 e.